The fourth-order valence-corrected chi connectivity index (χ4v) is 3.65. The third-order valence-electron chi connectivity index (χ3n) is 5.33. The first-order valence-electron chi connectivity index (χ1n) is 10.2. The third-order valence-corrected chi connectivity index (χ3v) is 5.33. The summed E-state index contributed by atoms with van der Waals surface area (Å²) in [6, 6.07) is 2.54. The molecule has 0 unspecified atom stereocenters. The van der Waals surface area contributed by atoms with Crippen molar-refractivity contribution < 1.29 is 27.5 Å². The number of benzene rings is 1. The molecular weight excluding hydrogens is 401 g/mol. The summed E-state index contributed by atoms with van der Waals surface area (Å²) in [5.41, 5.74) is -0.866. The summed E-state index contributed by atoms with van der Waals surface area (Å²) < 4.78 is 44.5. The fourth-order valence-electron chi connectivity index (χ4n) is 3.65. The van der Waals surface area contributed by atoms with Gasteiger partial charge >= 0.3 is 12.2 Å². The summed E-state index contributed by atoms with van der Waals surface area (Å²) in [5.74, 6) is 0.296. The summed E-state index contributed by atoms with van der Waals surface area (Å²) in [6.45, 7) is 5.77. The predicted molar refractivity (Wildman–Crippen MR) is 105 cm³/mol. The van der Waals surface area contributed by atoms with Crippen molar-refractivity contribution in [1.82, 2.24) is 14.7 Å². The summed E-state index contributed by atoms with van der Waals surface area (Å²) in [4.78, 5) is 30.3. The van der Waals surface area contributed by atoms with Gasteiger partial charge in [0.25, 0.3) is 0 Å². The van der Waals surface area contributed by atoms with E-state index in [0.29, 0.717) is 32.7 Å². The second kappa shape index (κ2) is 9.55. The standard InChI is InChI=1S/C20H27F3N4O3/c1-2-30-17-6-5-15(20(21,22)23)13-16(17)24-19(29)27-11-9-25(10-12-27)14-18(28)26-7-3-4-8-26/h5-6,13H,2-4,7-12,14H2,1H3,(H,24,29). The Balaban J connectivity index is 1.57. The molecule has 0 radical (unpaired) electrons. The predicted octanol–water partition coefficient (Wildman–Crippen LogP) is 2.88. The lowest BCUT2D eigenvalue weighted by Crippen LogP contribution is -2.52. The number of ether oxygens (including phenoxy) is 1. The van der Waals surface area contributed by atoms with E-state index >= 15 is 0 Å². The zero-order chi connectivity index (χ0) is 21.7. The molecule has 0 spiro atoms. The molecule has 2 heterocycles. The number of nitrogens with zero attached hydrogens (tertiary/aromatic N) is 3. The van der Waals surface area contributed by atoms with E-state index in [1.807, 2.05) is 9.80 Å². The smallest absolute Gasteiger partial charge is 0.416 e. The van der Waals surface area contributed by atoms with Crippen molar-refractivity contribution in [3.05, 3.63) is 23.8 Å². The van der Waals surface area contributed by atoms with Crippen LogP contribution in [0.15, 0.2) is 18.2 Å². The quantitative estimate of drug-likeness (QED) is 0.784. The molecule has 1 N–H and O–H groups in total. The minimum atomic E-state index is -4.52. The van der Waals surface area contributed by atoms with E-state index in [-0.39, 0.29) is 24.0 Å². The number of likely N-dealkylation sites (tertiary alicyclic amines) is 1. The number of carbonyl (C=O) groups is 2. The Bertz CT molecular complexity index is 758. The SMILES string of the molecule is CCOc1ccc(C(F)(F)F)cc1NC(=O)N1CCN(CC(=O)N2CCCC2)CC1. The van der Waals surface area contributed by atoms with Gasteiger partial charge in [-0.15, -0.1) is 0 Å². The number of carbonyl (C=O) groups excluding carboxylic acids is 2. The first-order chi connectivity index (χ1) is 14.3. The molecule has 2 saturated heterocycles. The molecule has 0 aliphatic carbocycles. The highest BCUT2D eigenvalue weighted by atomic mass is 19.4. The van der Waals surface area contributed by atoms with E-state index < -0.39 is 17.8 Å². The number of anilines is 1. The first kappa shape index (κ1) is 22.2. The highest BCUT2D eigenvalue weighted by Gasteiger charge is 2.32. The number of hydrogen-bond donors (Lipinski definition) is 1. The van der Waals surface area contributed by atoms with E-state index in [9.17, 15) is 22.8 Å². The van der Waals surface area contributed by atoms with Gasteiger partial charge < -0.3 is 19.9 Å². The molecule has 0 saturated carbocycles. The first-order valence-corrected chi connectivity index (χ1v) is 10.2. The van der Waals surface area contributed by atoms with Crippen LogP contribution in [0.2, 0.25) is 0 Å². The molecule has 10 heteroatoms. The molecule has 2 aliphatic heterocycles. The number of halogens is 3. The maximum atomic E-state index is 13.0. The van der Waals surface area contributed by atoms with Crippen LogP contribution in [0.4, 0.5) is 23.7 Å². The number of rotatable bonds is 5. The normalized spacial score (nSPS) is 17.9. The summed E-state index contributed by atoms with van der Waals surface area (Å²) in [7, 11) is 0. The number of hydrogen-bond acceptors (Lipinski definition) is 4. The third kappa shape index (κ3) is 5.56. The van der Waals surface area contributed by atoms with Crippen molar-refractivity contribution in [1.29, 1.82) is 0 Å². The monoisotopic (exact) mass is 428 g/mol. The Labute approximate surface area is 173 Å². The van der Waals surface area contributed by atoms with Gasteiger partial charge in [-0.1, -0.05) is 0 Å². The van der Waals surface area contributed by atoms with Crippen LogP contribution in [0.1, 0.15) is 25.3 Å². The molecule has 0 bridgehead atoms. The second-order valence-electron chi connectivity index (χ2n) is 7.42. The fraction of sp³-hybridized carbons (Fsp3) is 0.600. The lowest BCUT2D eigenvalue weighted by Gasteiger charge is -2.35. The average Bonchev–Trinajstić information content (AvgIpc) is 3.24. The van der Waals surface area contributed by atoms with E-state index in [2.05, 4.69) is 5.32 Å². The molecule has 166 valence electrons. The van der Waals surface area contributed by atoms with Gasteiger partial charge in [-0.3, -0.25) is 9.69 Å². The van der Waals surface area contributed by atoms with Crippen molar-refractivity contribution in [2.24, 2.45) is 0 Å². The van der Waals surface area contributed by atoms with E-state index in [1.165, 1.54) is 11.0 Å². The van der Waals surface area contributed by atoms with E-state index in [1.54, 1.807) is 6.92 Å². The minimum absolute atomic E-state index is 0.0108. The molecule has 3 rings (SSSR count). The van der Waals surface area contributed by atoms with Crippen LogP contribution in [0.25, 0.3) is 0 Å². The zero-order valence-electron chi connectivity index (χ0n) is 17.0. The van der Waals surface area contributed by atoms with Gasteiger partial charge in [-0.2, -0.15) is 13.2 Å². The maximum Gasteiger partial charge on any atom is 0.416 e. The number of piperazine rings is 1. The van der Waals surface area contributed by atoms with Gasteiger partial charge in [0.1, 0.15) is 5.75 Å². The highest BCUT2D eigenvalue weighted by Crippen LogP contribution is 2.35. The summed E-state index contributed by atoms with van der Waals surface area (Å²) >= 11 is 0. The van der Waals surface area contributed by atoms with Crippen molar-refractivity contribution >= 4 is 17.6 Å². The van der Waals surface area contributed by atoms with Gasteiger partial charge in [-0.05, 0) is 38.0 Å². The number of nitrogens with one attached hydrogen (secondary N) is 1. The Morgan fingerprint density at radius 1 is 1.03 bits per heavy atom. The average molecular weight is 428 g/mol. The maximum absolute atomic E-state index is 13.0. The molecule has 30 heavy (non-hydrogen) atoms. The van der Waals surface area contributed by atoms with Crippen molar-refractivity contribution in [2.45, 2.75) is 25.9 Å². The molecule has 1 aromatic carbocycles. The van der Waals surface area contributed by atoms with E-state index in [0.717, 1.165) is 38.1 Å². The van der Waals surface area contributed by atoms with Crippen LogP contribution >= 0.6 is 0 Å². The number of urea groups is 1. The topological polar surface area (TPSA) is 65.1 Å². The highest BCUT2D eigenvalue weighted by molar-refractivity contribution is 5.91. The van der Waals surface area contributed by atoms with Crippen LogP contribution in [-0.2, 0) is 11.0 Å². The van der Waals surface area contributed by atoms with Gasteiger partial charge in [0, 0.05) is 39.3 Å². The van der Waals surface area contributed by atoms with Crippen molar-refractivity contribution in [3.63, 3.8) is 0 Å². The van der Waals surface area contributed by atoms with Crippen LogP contribution < -0.4 is 10.1 Å². The van der Waals surface area contributed by atoms with Crippen molar-refractivity contribution in [2.75, 3.05) is 57.7 Å². The van der Waals surface area contributed by atoms with Crippen LogP contribution in [0, 0.1) is 0 Å². The Morgan fingerprint density at radius 3 is 2.30 bits per heavy atom. The number of amides is 3. The Kier molecular flexibility index (Phi) is 7.06. The zero-order valence-corrected chi connectivity index (χ0v) is 17.0. The van der Waals surface area contributed by atoms with Gasteiger partial charge in [0.05, 0.1) is 24.4 Å². The molecule has 2 aliphatic rings. The molecule has 2 fully saturated rings. The minimum Gasteiger partial charge on any atom is -0.492 e. The number of alkyl halides is 3. The largest absolute Gasteiger partial charge is 0.492 e. The Hall–Kier alpha value is -2.49. The Morgan fingerprint density at radius 2 is 1.70 bits per heavy atom. The molecule has 1 aromatic rings. The van der Waals surface area contributed by atoms with Crippen LogP contribution in [0.3, 0.4) is 0 Å². The summed E-state index contributed by atoms with van der Waals surface area (Å²) in [5, 5.41) is 2.55. The van der Waals surface area contributed by atoms with Gasteiger partial charge in [0.15, 0.2) is 0 Å². The van der Waals surface area contributed by atoms with Crippen LogP contribution in [0.5, 0.6) is 5.75 Å². The van der Waals surface area contributed by atoms with Gasteiger partial charge in [0.2, 0.25) is 5.91 Å². The molecular formula is C20H27F3N4O3. The lowest BCUT2D eigenvalue weighted by molar-refractivity contribution is -0.137. The molecule has 3 amide bonds. The summed E-state index contributed by atoms with van der Waals surface area (Å²) in [6.07, 6.45) is -2.43. The molecule has 0 atom stereocenters. The van der Waals surface area contributed by atoms with Crippen molar-refractivity contribution in [3.8, 4) is 5.75 Å². The van der Waals surface area contributed by atoms with Crippen LogP contribution in [-0.4, -0.2) is 79.1 Å². The van der Waals surface area contributed by atoms with Gasteiger partial charge in [-0.25, -0.2) is 4.79 Å². The molecule has 0 aromatic heterocycles. The second-order valence-corrected chi connectivity index (χ2v) is 7.42. The molecule has 7 nitrogen and oxygen atoms in total. The van der Waals surface area contributed by atoms with E-state index in [4.69, 9.17) is 4.74 Å². The lowest BCUT2D eigenvalue weighted by atomic mass is 10.1.